The van der Waals surface area contributed by atoms with E-state index in [4.69, 9.17) is 0 Å². The second-order valence-corrected chi connectivity index (χ2v) is 4.89. The molecule has 2 saturated carbocycles. The maximum atomic E-state index is 2.47. The maximum Gasteiger partial charge on any atom is -0.0181 e. The Balaban J connectivity index is 2.30. The van der Waals surface area contributed by atoms with E-state index in [9.17, 15) is 0 Å². The van der Waals surface area contributed by atoms with Crippen molar-refractivity contribution in [1.29, 1.82) is 0 Å². The van der Waals surface area contributed by atoms with Crippen LogP contribution in [0.25, 0.3) is 0 Å². The largest absolute Gasteiger partial charge is 0.0648 e. The van der Waals surface area contributed by atoms with Crippen molar-refractivity contribution in [2.45, 2.75) is 47.0 Å². The van der Waals surface area contributed by atoms with E-state index in [1.165, 1.54) is 19.3 Å². The molecule has 1 spiro atoms. The number of rotatable bonds is 1. The SMILES string of the molecule is CCC1(C)C(C)(C)C12CC2. The molecule has 0 heteroatoms. The van der Waals surface area contributed by atoms with Crippen molar-refractivity contribution in [2.75, 3.05) is 0 Å². The first kappa shape index (κ1) is 6.69. The molecule has 0 bridgehead atoms. The standard InChI is InChI=1S/C10H18/c1-5-9(4)8(2,3)10(9)6-7-10/h5-7H2,1-4H3. The molecule has 58 valence electrons. The first-order chi connectivity index (χ1) is 4.52. The molecule has 1 atom stereocenters. The fourth-order valence-electron chi connectivity index (χ4n) is 3.48. The number of hydrogen-bond donors (Lipinski definition) is 0. The predicted molar refractivity (Wildman–Crippen MR) is 43.8 cm³/mol. The quantitative estimate of drug-likeness (QED) is 0.522. The average Bonchev–Trinajstić information content (AvgIpc) is 2.69. The molecule has 2 aliphatic rings. The van der Waals surface area contributed by atoms with Crippen LogP contribution in [-0.4, -0.2) is 0 Å². The van der Waals surface area contributed by atoms with Crippen LogP contribution in [0.2, 0.25) is 0 Å². The van der Waals surface area contributed by atoms with Gasteiger partial charge in [0.15, 0.2) is 0 Å². The second-order valence-electron chi connectivity index (χ2n) is 4.89. The zero-order valence-corrected chi connectivity index (χ0v) is 7.62. The lowest BCUT2D eigenvalue weighted by molar-refractivity contribution is 0.404. The van der Waals surface area contributed by atoms with Gasteiger partial charge in [0.25, 0.3) is 0 Å². The lowest BCUT2D eigenvalue weighted by Gasteiger charge is -2.09. The van der Waals surface area contributed by atoms with Crippen molar-refractivity contribution in [3.05, 3.63) is 0 Å². The van der Waals surface area contributed by atoms with E-state index in [2.05, 4.69) is 27.7 Å². The van der Waals surface area contributed by atoms with E-state index in [0.717, 1.165) is 5.41 Å². The van der Waals surface area contributed by atoms with Gasteiger partial charge in [-0.1, -0.05) is 27.7 Å². The molecular formula is C10H18. The fraction of sp³-hybridized carbons (Fsp3) is 1.00. The molecule has 2 aliphatic carbocycles. The Morgan fingerprint density at radius 3 is 1.70 bits per heavy atom. The van der Waals surface area contributed by atoms with Crippen LogP contribution in [0, 0.1) is 16.2 Å². The molecule has 0 heterocycles. The fourth-order valence-corrected chi connectivity index (χ4v) is 3.48. The molecule has 0 amide bonds. The Labute approximate surface area is 64.0 Å². The van der Waals surface area contributed by atoms with Crippen molar-refractivity contribution < 1.29 is 0 Å². The van der Waals surface area contributed by atoms with Gasteiger partial charge in [0.05, 0.1) is 0 Å². The van der Waals surface area contributed by atoms with Crippen LogP contribution in [0.15, 0.2) is 0 Å². The summed E-state index contributed by atoms with van der Waals surface area (Å²) in [6.45, 7) is 9.71. The van der Waals surface area contributed by atoms with E-state index in [0.29, 0.717) is 10.8 Å². The lowest BCUT2D eigenvalue weighted by Crippen LogP contribution is -2.00. The Bertz CT molecular complexity index is 168. The Hall–Kier alpha value is 0. The van der Waals surface area contributed by atoms with Gasteiger partial charge in [-0.15, -0.1) is 0 Å². The summed E-state index contributed by atoms with van der Waals surface area (Å²) >= 11 is 0. The molecular weight excluding hydrogens is 120 g/mol. The first-order valence-electron chi connectivity index (χ1n) is 4.52. The van der Waals surface area contributed by atoms with Crippen molar-refractivity contribution in [3.8, 4) is 0 Å². The zero-order chi connectivity index (χ0) is 7.62. The van der Waals surface area contributed by atoms with Crippen LogP contribution < -0.4 is 0 Å². The minimum Gasteiger partial charge on any atom is -0.0648 e. The second kappa shape index (κ2) is 1.31. The van der Waals surface area contributed by atoms with Gasteiger partial charge in [0.2, 0.25) is 0 Å². The minimum atomic E-state index is 0.661. The summed E-state index contributed by atoms with van der Waals surface area (Å²) in [7, 11) is 0. The highest BCUT2D eigenvalue weighted by atomic mass is 14.9. The third-order valence-corrected chi connectivity index (χ3v) is 5.03. The Morgan fingerprint density at radius 1 is 1.10 bits per heavy atom. The summed E-state index contributed by atoms with van der Waals surface area (Å²) in [5.74, 6) is 0. The third kappa shape index (κ3) is 0.360. The summed E-state index contributed by atoms with van der Waals surface area (Å²) in [5.41, 5.74) is 2.16. The van der Waals surface area contributed by atoms with Crippen molar-refractivity contribution in [3.63, 3.8) is 0 Å². The van der Waals surface area contributed by atoms with Crippen LogP contribution in [0.5, 0.6) is 0 Å². The first-order valence-corrected chi connectivity index (χ1v) is 4.52. The van der Waals surface area contributed by atoms with Crippen LogP contribution in [0.3, 0.4) is 0 Å². The third-order valence-electron chi connectivity index (χ3n) is 5.03. The molecule has 2 rings (SSSR count). The molecule has 1 unspecified atom stereocenters. The highest BCUT2D eigenvalue weighted by Crippen LogP contribution is 2.90. The molecule has 0 nitrogen and oxygen atoms in total. The monoisotopic (exact) mass is 138 g/mol. The molecule has 10 heavy (non-hydrogen) atoms. The average molecular weight is 138 g/mol. The zero-order valence-electron chi connectivity index (χ0n) is 7.62. The maximum absolute atomic E-state index is 2.47. The summed E-state index contributed by atoms with van der Waals surface area (Å²) in [6, 6.07) is 0. The van der Waals surface area contributed by atoms with Crippen LogP contribution in [0.4, 0.5) is 0 Å². The van der Waals surface area contributed by atoms with Crippen molar-refractivity contribution >= 4 is 0 Å². The summed E-state index contributed by atoms with van der Waals surface area (Å²) in [5, 5.41) is 0. The molecule has 2 fully saturated rings. The summed E-state index contributed by atoms with van der Waals surface area (Å²) in [6.07, 6.45) is 4.38. The predicted octanol–water partition coefficient (Wildman–Crippen LogP) is 3.22. The van der Waals surface area contributed by atoms with Gasteiger partial charge in [-0.25, -0.2) is 0 Å². The normalized spacial score (nSPS) is 45.6. The molecule has 0 aliphatic heterocycles. The van der Waals surface area contributed by atoms with Gasteiger partial charge >= 0.3 is 0 Å². The highest BCUT2D eigenvalue weighted by Gasteiger charge is 2.83. The van der Waals surface area contributed by atoms with E-state index in [1.807, 2.05) is 0 Å². The van der Waals surface area contributed by atoms with Crippen LogP contribution in [-0.2, 0) is 0 Å². The number of hydrogen-bond acceptors (Lipinski definition) is 0. The van der Waals surface area contributed by atoms with E-state index < -0.39 is 0 Å². The van der Waals surface area contributed by atoms with Crippen molar-refractivity contribution in [1.82, 2.24) is 0 Å². The Morgan fingerprint density at radius 2 is 1.60 bits per heavy atom. The van der Waals surface area contributed by atoms with Gasteiger partial charge < -0.3 is 0 Å². The van der Waals surface area contributed by atoms with Crippen molar-refractivity contribution in [2.24, 2.45) is 16.2 Å². The van der Waals surface area contributed by atoms with Crippen LogP contribution >= 0.6 is 0 Å². The van der Waals surface area contributed by atoms with E-state index in [-0.39, 0.29) is 0 Å². The molecule has 0 aromatic rings. The van der Waals surface area contributed by atoms with Gasteiger partial charge in [0, 0.05) is 0 Å². The topological polar surface area (TPSA) is 0 Å². The molecule has 0 radical (unpaired) electrons. The Kier molecular flexibility index (Phi) is 0.874. The van der Waals surface area contributed by atoms with E-state index in [1.54, 1.807) is 0 Å². The van der Waals surface area contributed by atoms with Gasteiger partial charge in [-0.05, 0) is 35.5 Å². The molecule has 0 aromatic heterocycles. The molecule has 0 saturated heterocycles. The van der Waals surface area contributed by atoms with Gasteiger partial charge in [-0.2, -0.15) is 0 Å². The molecule has 0 aromatic carbocycles. The summed E-state index contributed by atoms with van der Waals surface area (Å²) in [4.78, 5) is 0. The van der Waals surface area contributed by atoms with Gasteiger partial charge in [-0.3, -0.25) is 0 Å². The molecule has 0 N–H and O–H groups in total. The van der Waals surface area contributed by atoms with Crippen LogP contribution in [0.1, 0.15) is 47.0 Å². The minimum absolute atomic E-state index is 0.661. The summed E-state index contributed by atoms with van der Waals surface area (Å²) < 4.78 is 0. The smallest absolute Gasteiger partial charge is 0.0181 e. The van der Waals surface area contributed by atoms with E-state index >= 15 is 0 Å². The lowest BCUT2D eigenvalue weighted by atomic mass is 9.95. The highest BCUT2D eigenvalue weighted by molar-refractivity contribution is 5.31. The van der Waals surface area contributed by atoms with Gasteiger partial charge in [0.1, 0.15) is 0 Å².